The summed E-state index contributed by atoms with van der Waals surface area (Å²) >= 11 is 0. The van der Waals surface area contributed by atoms with Crippen LogP contribution in [0.3, 0.4) is 0 Å². The summed E-state index contributed by atoms with van der Waals surface area (Å²) in [6, 6.07) is 5.45. The van der Waals surface area contributed by atoms with Crippen molar-refractivity contribution in [1.29, 1.82) is 0 Å². The summed E-state index contributed by atoms with van der Waals surface area (Å²) in [6.07, 6.45) is 7.75. The Kier molecular flexibility index (Phi) is 3.78. The quantitative estimate of drug-likeness (QED) is 0.717. The van der Waals surface area contributed by atoms with E-state index in [0.717, 1.165) is 24.4 Å². The zero-order valence-corrected chi connectivity index (χ0v) is 13.1. The number of fused-ring (bicyclic) bond motifs is 1. The molecule has 24 heavy (non-hydrogen) atoms. The minimum Gasteiger partial charge on any atom is -0.333 e. The lowest BCUT2D eigenvalue weighted by Crippen LogP contribution is -2.31. The molecule has 0 radical (unpaired) electrons. The van der Waals surface area contributed by atoms with E-state index in [0.29, 0.717) is 25.2 Å². The molecule has 1 aliphatic heterocycles. The molecule has 0 fully saturated rings. The Morgan fingerprint density at radius 3 is 2.96 bits per heavy atom. The average molecular weight is 323 g/mol. The maximum atomic E-state index is 12.7. The highest BCUT2D eigenvalue weighted by atomic mass is 16.2. The molecule has 0 spiro atoms. The molecule has 0 unspecified atom stereocenters. The summed E-state index contributed by atoms with van der Waals surface area (Å²) in [7, 11) is 0. The minimum absolute atomic E-state index is 0.0113. The van der Waals surface area contributed by atoms with Crippen LogP contribution in [0.5, 0.6) is 0 Å². The molecule has 0 saturated carbocycles. The first-order valence-electron chi connectivity index (χ1n) is 7.89. The molecule has 8 nitrogen and oxygen atoms in total. The standard InChI is InChI=1S/C16H17N7O/c24-16(13-4-1-5-17-10-13)21-7-3-9-23-15(12-21)14(19-20-23)11-22-8-2-6-18-22/h1-2,4-6,8,10H,3,7,9,11-12H2. The minimum atomic E-state index is -0.0113. The third-order valence-electron chi connectivity index (χ3n) is 4.12. The highest BCUT2D eigenvalue weighted by Gasteiger charge is 2.24. The zero-order chi connectivity index (χ0) is 16.4. The lowest BCUT2D eigenvalue weighted by atomic mass is 10.2. The third-order valence-corrected chi connectivity index (χ3v) is 4.12. The van der Waals surface area contributed by atoms with Crippen LogP contribution in [0.15, 0.2) is 43.0 Å². The third kappa shape index (κ3) is 2.78. The summed E-state index contributed by atoms with van der Waals surface area (Å²) in [4.78, 5) is 18.6. The number of carbonyl (C=O) groups excluding carboxylic acids is 1. The van der Waals surface area contributed by atoms with Crippen molar-refractivity contribution in [3.05, 3.63) is 59.9 Å². The van der Waals surface area contributed by atoms with E-state index in [1.807, 2.05) is 26.5 Å². The van der Waals surface area contributed by atoms with Crippen LogP contribution in [0, 0.1) is 0 Å². The molecule has 122 valence electrons. The average Bonchev–Trinajstić information content (AvgIpc) is 3.20. The van der Waals surface area contributed by atoms with E-state index in [1.165, 1.54) is 0 Å². The first-order chi connectivity index (χ1) is 11.8. The van der Waals surface area contributed by atoms with E-state index in [9.17, 15) is 4.79 Å². The summed E-state index contributed by atoms with van der Waals surface area (Å²) < 4.78 is 3.71. The van der Waals surface area contributed by atoms with Gasteiger partial charge in [-0.1, -0.05) is 5.21 Å². The molecule has 0 aromatic carbocycles. The second-order valence-corrected chi connectivity index (χ2v) is 5.73. The van der Waals surface area contributed by atoms with E-state index in [4.69, 9.17) is 0 Å². The Morgan fingerprint density at radius 1 is 1.21 bits per heavy atom. The van der Waals surface area contributed by atoms with E-state index in [1.54, 1.807) is 30.7 Å². The molecule has 4 heterocycles. The topological polar surface area (TPSA) is 81.7 Å². The molecule has 0 bridgehead atoms. The monoisotopic (exact) mass is 323 g/mol. The fraction of sp³-hybridized carbons (Fsp3) is 0.312. The first kappa shape index (κ1) is 14.6. The van der Waals surface area contributed by atoms with Crippen LogP contribution in [0.4, 0.5) is 0 Å². The number of carbonyl (C=O) groups is 1. The maximum Gasteiger partial charge on any atom is 0.255 e. The normalized spacial score (nSPS) is 14.2. The van der Waals surface area contributed by atoms with Crippen molar-refractivity contribution in [1.82, 2.24) is 34.7 Å². The number of nitrogens with zero attached hydrogens (tertiary/aromatic N) is 7. The van der Waals surface area contributed by atoms with Gasteiger partial charge in [0.1, 0.15) is 5.69 Å². The molecule has 1 amide bonds. The molecule has 8 heteroatoms. The van der Waals surface area contributed by atoms with Crippen molar-refractivity contribution in [2.24, 2.45) is 0 Å². The summed E-state index contributed by atoms with van der Waals surface area (Å²) in [5, 5.41) is 12.7. The van der Waals surface area contributed by atoms with Gasteiger partial charge in [-0.2, -0.15) is 5.10 Å². The molecular weight excluding hydrogens is 306 g/mol. The van der Waals surface area contributed by atoms with Crippen LogP contribution >= 0.6 is 0 Å². The van der Waals surface area contributed by atoms with Gasteiger partial charge in [-0.25, -0.2) is 4.68 Å². The molecular formula is C16H17N7O. The highest BCUT2D eigenvalue weighted by Crippen LogP contribution is 2.17. The second kappa shape index (κ2) is 6.23. The Hall–Kier alpha value is -3.03. The molecule has 3 aromatic rings. The highest BCUT2D eigenvalue weighted by molar-refractivity contribution is 5.93. The van der Waals surface area contributed by atoms with Crippen LogP contribution in [0.25, 0.3) is 0 Å². The lowest BCUT2D eigenvalue weighted by Gasteiger charge is -2.20. The van der Waals surface area contributed by atoms with Crippen molar-refractivity contribution in [2.45, 2.75) is 26.1 Å². The number of rotatable bonds is 3. The van der Waals surface area contributed by atoms with Crippen molar-refractivity contribution in [3.8, 4) is 0 Å². The molecule has 0 aliphatic carbocycles. The molecule has 0 saturated heterocycles. The van der Waals surface area contributed by atoms with Crippen molar-refractivity contribution in [3.63, 3.8) is 0 Å². The number of aromatic nitrogens is 6. The van der Waals surface area contributed by atoms with Gasteiger partial charge in [0, 0.05) is 37.9 Å². The number of pyridine rings is 1. The summed E-state index contributed by atoms with van der Waals surface area (Å²) in [6.45, 7) is 2.51. The lowest BCUT2D eigenvalue weighted by molar-refractivity contribution is 0.0745. The summed E-state index contributed by atoms with van der Waals surface area (Å²) in [5.41, 5.74) is 2.43. The number of hydrogen-bond acceptors (Lipinski definition) is 5. The maximum absolute atomic E-state index is 12.7. The second-order valence-electron chi connectivity index (χ2n) is 5.73. The van der Waals surface area contributed by atoms with Gasteiger partial charge >= 0.3 is 0 Å². The summed E-state index contributed by atoms with van der Waals surface area (Å²) in [5.74, 6) is -0.0113. The van der Waals surface area contributed by atoms with E-state index < -0.39 is 0 Å². The Labute approximate surface area is 138 Å². The Morgan fingerprint density at radius 2 is 2.17 bits per heavy atom. The van der Waals surface area contributed by atoms with Gasteiger partial charge in [-0.15, -0.1) is 5.10 Å². The predicted molar refractivity (Wildman–Crippen MR) is 84.9 cm³/mol. The fourth-order valence-corrected chi connectivity index (χ4v) is 2.91. The van der Waals surface area contributed by atoms with Gasteiger partial charge in [-0.05, 0) is 24.6 Å². The van der Waals surface area contributed by atoms with Crippen LogP contribution in [0.2, 0.25) is 0 Å². The molecule has 3 aromatic heterocycles. The zero-order valence-electron chi connectivity index (χ0n) is 13.1. The SMILES string of the molecule is O=C(c1cccnc1)N1CCCn2nnc(Cn3cccn3)c2C1. The van der Waals surface area contributed by atoms with Crippen LogP contribution in [-0.4, -0.2) is 47.1 Å². The van der Waals surface area contributed by atoms with Gasteiger partial charge in [-0.3, -0.25) is 14.5 Å². The van der Waals surface area contributed by atoms with E-state index in [2.05, 4.69) is 20.4 Å². The van der Waals surface area contributed by atoms with E-state index >= 15 is 0 Å². The van der Waals surface area contributed by atoms with Gasteiger partial charge < -0.3 is 4.90 Å². The molecule has 1 aliphatic rings. The van der Waals surface area contributed by atoms with Crippen LogP contribution in [-0.2, 0) is 19.6 Å². The molecule has 0 N–H and O–H groups in total. The van der Waals surface area contributed by atoms with Gasteiger partial charge in [0.05, 0.1) is 24.3 Å². The number of aryl methyl sites for hydroxylation is 1. The number of amides is 1. The smallest absolute Gasteiger partial charge is 0.255 e. The van der Waals surface area contributed by atoms with Crippen molar-refractivity contribution >= 4 is 5.91 Å². The van der Waals surface area contributed by atoms with Gasteiger partial charge in [0.2, 0.25) is 0 Å². The van der Waals surface area contributed by atoms with Crippen LogP contribution in [0.1, 0.15) is 28.2 Å². The number of hydrogen-bond donors (Lipinski definition) is 0. The predicted octanol–water partition coefficient (Wildman–Crippen LogP) is 0.964. The van der Waals surface area contributed by atoms with E-state index in [-0.39, 0.29) is 5.91 Å². The molecule has 0 atom stereocenters. The van der Waals surface area contributed by atoms with Gasteiger partial charge in [0.25, 0.3) is 5.91 Å². The fourth-order valence-electron chi connectivity index (χ4n) is 2.91. The van der Waals surface area contributed by atoms with Gasteiger partial charge in [0.15, 0.2) is 0 Å². The molecule has 4 rings (SSSR count). The van der Waals surface area contributed by atoms with Crippen LogP contribution < -0.4 is 0 Å². The largest absolute Gasteiger partial charge is 0.333 e. The Balaban J connectivity index is 1.59. The van der Waals surface area contributed by atoms with Crippen molar-refractivity contribution < 1.29 is 4.79 Å². The Bertz CT molecular complexity index is 826. The first-order valence-corrected chi connectivity index (χ1v) is 7.89. The van der Waals surface area contributed by atoms with Crippen molar-refractivity contribution in [2.75, 3.05) is 6.54 Å².